The first-order valence-electron chi connectivity index (χ1n) is 12.3. The van der Waals surface area contributed by atoms with Crippen LogP contribution in [0.2, 0.25) is 5.02 Å². The summed E-state index contributed by atoms with van der Waals surface area (Å²) < 4.78 is 48.2. The zero-order valence-corrected chi connectivity index (χ0v) is 22.9. The molecule has 1 unspecified atom stereocenters. The summed E-state index contributed by atoms with van der Waals surface area (Å²) in [6.45, 7) is 2.74. The topological polar surface area (TPSA) is 105 Å². The largest absolute Gasteiger partial charge is 0.376 e. The minimum Gasteiger partial charge on any atom is -0.376 e. The third-order valence-corrected chi connectivity index (χ3v) is 10.1. The van der Waals surface area contributed by atoms with E-state index in [4.69, 9.17) is 16.3 Å². The molecule has 2 aromatic carbocycles. The fraction of sp³-hybridized carbons (Fsp3) is 0.385. The zero-order chi connectivity index (χ0) is 27.0. The predicted molar refractivity (Wildman–Crippen MR) is 143 cm³/mol. The fourth-order valence-corrected chi connectivity index (χ4v) is 7.60. The maximum absolute atomic E-state index is 13.3. The van der Waals surface area contributed by atoms with E-state index in [1.807, 2.05) is 37.3 Å². The van der Waals surface area contributed by atoms with Crippen molar-refractivity contribution in [1.82, 2.24) is 14.9 Å². The molecular formula is C26H27ClFN3O5S2. The van der Waals surface area contributed by atoms with Gasteiger partial charge in [-0.1, -0.05) is 29.8 Å². The predicted octanol–water partition coefficient (Wildman–Crippen LogP) is 3.80. The van der Waals surface area contributed by atoms with E-state index in [0.717, 1.165) is 28.3 Å². The molecule has 2 saturated heterocycles. The Morgan fingerprint density at radius 3 is 2.79 bits per heavy atom. The van der Waals surface area contributed by atoms with Gasteiger partial charge in [0.1, 0.15) is 16.8 Å². The average molecular weight is 580 g/mol. The van der Waals surface area contributed by atoms with Crippen molar-refractivity contribution in [2.24, 2.45) is 5.92 Å². The number of halogens is 2. The van der Waals surface area contributed by atoms with E-state index in [2.05, 4.69) is 10.0 Å². The number of hydrogen-bond donors (Lipinski definition) is 2. The molecule has 3 aromatic rings. The highest BCUT2D eigenvalue weighted by molar-refractivity contribution is 7.89. The van der Waals surface area contributed by atoms with Crippen LogP contribution in [0, 0.1) is 11.7 Å². The van der Waals surface area contributed by atoms with E-state index in [9.17, 15) is 22.4 Å². The highest BCUT2D eigenvalue weighted by Crippen LogP contribution is 2.29. The number of carbonyl (C=O) groups is 2. The summed E-state index contributed by atoms with van der Waals surface area (Å²) in [6.07, 6.45) is 0.722. The van der Waals surface area contributed by atoms with Crippen LogP contribution in [0.4, 0.5) is 4.39 Å². The van der Waals surface area contributed by atoms with Gasteiger partial charge in [-0.2, -0.15) is 0 Å². The number of nitrogens with zero attached hydrogens (tertiary/aromatic N) is 1. The third-order valence-electron chi connectivity index (χ3n) is 7.09. The Morgan fingerprint density at radius 1 is 1.24 bits per heavy atom. The molecule has 3 heterocycles. The highest BCUT2D eigenvalue weighted by atomic mass is 35.5. The van der Waals surface area contributed by atoms with E-state index in [1.54, 1.807) is 4.90 Å². The van der Waals surface area contributed by atoms with Crippen LogP contribution in [0.1, 0.15) is 29.4 Å². The van der Waals surface area contributed by atoms with E-state index < -0.39 is 21.9 Å². The van der Waals surface area contributed by atoms with Crippen molar-refractivity contribution in [2.75, 3.05) is 19.7 Å². The number of ether oxygens (including phenoxy) is 1. The summed E-state index contributed by atoms with van der Waals surface area (Å²) in [7, 11) is -3.96. The number of fused-ring (bicyclic) bond motifs is 1. The number of benzene rings is 2. The lowest BCUT2D eigenvalue weighted by molar-refractivity contribution is -0.132. The van der Waals surface area contributed by atoms with Crippen molar-refractivity contribution in [2.45, 2.75) is 42.8 Å². The first-order valence-corrected chi connectivity index (χ1v) is 15.0. The average Bonchev–Trinajstić information content (AvgIpc) is 3.57. The van der Waals surface area contributed by atoms with Gasteiger partial charge in [-0.25, -0.2) is 17.5 Å². The summed E-state index contributed by atoms with van der Waals surface area (Å²) in [5.74, 6) is -1.25. The van der Waals surface area contributed by atoms with Crippen molar-refractivity contribution in [3.8, 4) is 0 Å². The number of nitrogens with one attached hydrogen (secondary N) is 2. The number of sulfonamides is 1. The van der Waals surface area contributed by atoms with Crippen LogP contribution in [-0.2, 0) is 19.6 Å². The second-order valence-electron chi connectivity index (χ2n) is 9.63. The summed E-state index contributed by atoms with van der Waals surface area (Å²) >= 11 is 7.32. The first-order chi connectivity index (χ1) is 18.1. The molecule has 2 amide bonds. The van der Waals surface area contributed by atoms with Crippen LogP contribution in [0.15, 0.2) is 53.4 Å². The first kappa shape index (κ1) is 27.0. The minimum absolute atomic E-state index is 0.0865. The number of rotatable bonds is 8. The van der Waals surface area contributed by atoms with Crippen LogP contribution in [0.5, 0.6) is 0 Å². The van der Waals surface area contributed by atoms with Gasteiger partial charge in [-0.05, 0) is 55.5 Å². The van der Waals surface area contributed by atoms with Crippen LogP contribution in [-0.4, -0.2) is 63.0 Å². The molecule has 8 nitrogen and oxygen atoms in total. The summed E-state index contributed by atoms with van der Waals surface area (Å²) in [4.78, 5) is 28.1. The van der Waals surface area contributed by atoms with Gasteiger partial charge < -0.3 is 15.0 Å². The Bertz CT molecular complexity index is 1450. The van der Waals surface area contributed by atoms with Gasteiger partial charge in [0.15, 0.2) is 0 Å². The quantitative estimate of drug-likeness (QED) is 0.422. The van der Waals surface area contributed by atoms with Crippen molar-refractivity contribution in [3.05, 3.63) is 64.2 Å². The molecule has 0 radical (unpaired) electrons. The normalized spacial score (nSPS) is 23.9. The highest BCUT2D eigenvalue weighted by Gasteiger charge is 2.41. The Hall–Kier alpha value is -2.57. The Balaban J connectivity index is 1.19. The number of hydrogen-bond acceptors (Lipinski definition) is 6. The molecule has 0 aliphatic carbocycles. The molecule has 0 spiro atoms. The number of amides is 2. The third kappa shape index (κ3) is 5.57. The molecule has 202 valence electrons. The van der Waals surface area contributed by atoms with Gasteiger partial charge in [-0.15, -0.1) is 11.3 Å². The maximum Gasteiger partial charge on any atom is 0.262 e. The summed E-state index contributed by atoms with van der Waals surface area (Å²) in [6, 6.07) is 11.9. The Kier molecular flexibility index (Phi) is 7.74. The van der Waals surface area contributed by atoms with E-state index in [1.165, 1.54) is 11.3 Å². The van der Waals surface area contributed by atoms with Crippen LogP contribution < -0.4 is 10.0 Å². The molecule has 2 aliphatic heterocycles. The second-order valence-corrected chi connectivity index (χ2v) is 12.9. The standard InChI is InChI=1S/C26H27ClFN3O5S2/c1-15-10-20(30-25(32)23-11-16-4-2-3-5-22(16)37-23)26(33)31(15)14-21-17(8-9-36-21)13-29-38(34,35)24-7-6-18(28)12-19(24)27/h2-7,11-12,15,17,20-21,29H,8-10,13-14H2,1H3,(H,30,32)/t15?,17-,20+,21-/m1/s1. The van der Waals surface area contributed by atoms with Gasteiger partial charge in [0, 0.05) is 36.4 Å². The molecule has 4 atom stereocenters. The summed E-state index contributed by atoms with van der Waals surface area (Å²) in [5.41, 5.74) is 0. The number of carbonyl (C=O) groups excluding carboxylic acids is 2. The van der Waals surface area contributed by atoms with Crippen LogP contribution in [0.25, 0.3) is 10.1 Å². The van der Waals surface area contributed by atoms with Crippen molar-refractivity contribution in [1.29, 1.82) is 0 Å². The zero-order valence-electron chi connectivity index (χ0n) is 20.5. The van der Waals surface area contributed by atoms with E-state index in [-0.39, 0.29) is 46.3 Å². The molecular weight excluding hydrogens is 553 g/mol. The van der Waals surface area contributed by atoms with Crippen LogP contribution in [0.3, 0.4) is 0 Å². The molecule has 5 rings (SSSR count). The lowest BCUT2D eigenvalue weighted by Crippen LogP contribution is -2.45. The van der Waals surface area contributed by atoms with E-state index in [0.29, 0.717) is 30.9 Å². The lowest BCUT2D eigenvalue weighted by atomic mass is 10.0. The second kappa shape index (κ2) is 10.9. The molecule has 2 N–H and O–H groups in total. The smallest absolute Gasteiger partial charge is 0.262 e. The Morgan fingerprint density at radius 2 is 2.03 bits per heavy atom. The van der Waals surface area contributed by atoms with Gasteiger partial charge in [0.05, 0.1) is 16.0 Å². The molecule has 1 aromatic heterocycles. The van der Waals surface area contributed by atoms with E-state index >= 15 is 0 Å². The molecule has 0 bridgehead atoms. The minimum atomic E-state index is -3.96. The van der Waals surface area contributed by atoms with Gasteiger partial charge in [-0.3, -0.25) is 9.59 Å². The molecule has 2 fully saturated rings. The number of likely N-dealkylation sites (tertiary alicyclic amines) is 1. The van der Waals surface area contributed by atoms with Gasteiger partial charge >= 0.3 is 0 Å². The molecule has 38 heavy (non-hydrogen) atoms. The molecule has 0 saturated carbocycles. The molecule has 2 aliphatic rings. The fourth-order valence-electron chi connectivity index (χ4n) is 5.01. The molecule has 12 heteroatoms. The SMILES string of the molecule is CC1C[C@H](NC(=O)c2cc3ccccc3s2)C(=O)N1C[C@H]1OCC[C@@H]1CNS(=O)(=O)c1ccc(F)cc1Cl. The van der Waals surface area contributed by atoms with Crippen molar-refractivity contribution >= 4 is 54.9 Å². The maximum atomic E-state index is 13.3. The van der Waals surface area contributed by atoms with Crippen molar-refractivity contribution in [3.63, 3.8) is 0 Å². The van der Waals surface area contributed by atoms with Crippen LogP contribution >= 0.6 is 22.9 Å². The monoisotopic (exact) mass is 579 g/mol. The van der Waals surface area contributed by atoms with Gasteiger partial charge in [0.25, 0.3) is 5.91 Å². The Labute approximate surface area is 229 Å². The summed E-state index contributed by atoms with van der Waals surface area (Å²) in [5, 5.41) is 3.67. The lowest BCUT2D eigenvalue weighted by Gasteiger charge is -2.28. The number of thiophene rings is 1. The van der Waals surface area contributed by atoms with Crippen molar-refractivity contribution < 1.29 is 27.1 Å². The van der Waals surface area contributed by atoms with Gasteiger partial charge in [0.2, 0.25) is 15.9 Å².